The summed E-state index contributed by atoms with van der Waals surface area (Å²) in [7, 11) is 1.31. The first-order chi connectivity index (χ1) is 11.1. The van der Waals surface area contributed by atoms with E-state index in [1.165, 1.54) is 7.11 Å². The molecule has 0 unspecified atom stereocenters. The van der Waals surface area contributed by atoms with Gasteiger partial charge in [-0.1, -0.05) is 17.7 Å². The summed E-state index contributed by atoms with van der Waals surface area (Å²) in [5, 5.41) is 10.6. The number of nitrogens with one attached hydrogen (secondary N) is 1. The van der Waals surface area contributed by atoms with E-state index in [4.69, 9.17) is 4.42 Å². The van der Waals surface area contributed by atoms with Crippen LogP contribution in [0.1, 0.15) is 24.3 Å². The third-order valence-corrected chi connectivity index (χ3v) is 3.21. The molecule has 2 aromatic rings. The van der Waals surface area contributed by atoms with Crippen LogP contribution in [0.4, 0.5) is 0 Å². The van der Waals surface area contributed by atoms with E-state index >= 15 is 0 Å². The van der Waals surface area contributed by atoms with Crippen molar-refractivity contribution in [1.82, 2.24) is 15.5 Å². The van der Waals surface area contributed by atoms with Crippen molar-refractivity contribution >= 4 is 11.9 Å². The van der Waals surface area contributed by atoms with Gasteiger partial charge in [0, 0.05) is 24.9 Å². The van der Waals surface area contributed by atoms with Crippen LogP contribution in [0.15, 0.2) is 28.7 Å². The van der Waals surface area contributed by atoms with E-state index in [0.29, 0.717) is 18.2 Å². The van der Waals surface area contributed by atoms with Gasteiger partial charge in [-0.15, -0.1) is 10.2 Å². The van der Waals surface area contributed by atoms with E-state index in [1.54, 1.807) is 0 Å². The van der Waals surface area contributed by atoms with Gasteiger partial charge in [0.25, 0.3) is 0 Å². The van der Waals surface area contributed by atoms with Crippen molar-refractivity contribution < 1.29 is 18.7 Å². The van der Waals surface area contributed by atoms with E-state index in [9.17, 15) is 9.59 Å². The number of aryl methyl sites for hydroxylation is 2. The predicted molar refractivity (Wildman–Crippen MR) is 82.4 cm³/mol. The van der Waals surface area contributed by atoms with Gasteiger partial charge in [0.15, 0.2) is 0 Å². The number of carbonyl (C=O) groups excluding carboxylic acids is 2. The first kappa shape index (κ1) is 16.7. The Bertz CT molecular complexity index is 664. The zero-order valence-electron chi connectivity index (χ0n) is 13.2. The van der Waals surface area contributed by atoms with Crippen LogP contribution in [0, 0.1) is 6.92 Å². The normalized spacial score (nSPS) is 10.3. The zero-order chi connectivity index (χ0) is 16.7. The van der Waals surface area contributed by atoms with Gasteiger partial charge in [-0.2, -0.15) is 0 Å². The van der Waals surface area contributed by atoms with Crippen LogP contribution in [0.25, 0.3) is 11.5 Å². The van der Waals surface area contributed by atoms with Gasteiger partial charge >= 0.3 is 5.97 Å². The molecular weight excluding hydrogens is 298 g/mol. The lowest BCUT2D eigenvalue weighted by molar-refractivity contribution is -0.140. The first-order valence-electron chi connectivity index (χ1n) is 7.31. The molecule has 1 amide bonds. The molecule has 7 heteroatoms. The van der Waals surface area contributed by atoms with Crippen LogP contribution < -0.4 is 5.32 Å². The number of nitrogens with zero attached hydrogens (tertiary/aromatic N) is 2. The average Bonchev–Trinajstić information content (AvgIpc) is 3.02. The smallest absolute Gasteiger partial charge is 0.307 e. The second kappa shape index (κ2) is 8.07. The van der Waals surface area contributed by atoms with Crippen LogP contribution in [0.2, 0.25) is 0 Å². The van der Waals surface area contributed by atoms with Crippen LogP contribution >= 0.6 is 0 Å². The number of amides is 1. The molecule has 1 N–H and O–H groups in total. The average molecular weight is 317 g/mol. The highest BCUT2D eigenvalue weighted by Gasteiger charge is 2.10. The number of benzene rings is 1. The van der Waals surface area contributed by atoms with Crippen molar-refractivity contribution in [3.63, 3.8) is 0 Å². The molecule has 1 aromatic heterocycles. The largest absolute Gasteiger partial charge is 0.469 e. The van der Waals surface area contributed by atoms with Gasteiger partial charge in [0.2, 0.25) is 17.7 Å². The van der Waals surface area contributed by atoms with E-state index in [1.807, 2.05) is 31.2 Å². The summed E-state index contributed by atoms with van der Waals surface area (Å²) in [6, 6.07) is 7.75. The van der Waals surface area contributed by atoms with Crippen molar-refractivity contribution in [3.8, 4) is 11.5 Å². The molecule has 2 rings (SSSR count). The van der Waals surface area contributed by atoms with Gasteiger partial charge in [-0.3, -0.25) is 9.59 Å². The van der Waals surface area contributed by atoms with Gasteiger partial charge in [-0.05, 0) is 19.1 Å². The van der Waals surface area contributed by atoms with Gasteiger partial charge in [0.05, 0.1) is 13.5 Å². The van der Waals surface area contributed by atoms with Crippen molar-refractivity contribution in [3.05, 3.63) is 35.7 Å². The Balaban J connectivity index is 1.79. The molecule has 0 atom stereocenters. The van der Waals surface area contributed by atoms with Gasteiger partial charge < -0.3 is 14.5 Å². The predicted octanol–water partition coefficient (Wildman–Crippen LogP) is 1.66. The summed E-state index contributed by atoms with van der Waals surface area (Å²) >= 11 is 0. The SMILES string of the molecule is COC(=O)CCNC(=O)CCc1nnc(-c2ccc(C)cc2)o1. The number of rotatable bonds is 7. The molecule has 0 aliphatic carbocycles. The third-order valence-electron chi connectivity index (χ3n) is 3.21. The second-order valence-corrected chi connectivity index (χ2v) is 5.04. The minimum Gasteiger partial charge on any atom is -0.469 e. The molecule has 0 aliphatic rings. The van der Waals surface area contributed by atoms with Gasteiger partial charge in [-0.25, -0.2) is 0 Å². The molecular formula is C16H19N3O4. The number of hydrogen-bond donors (Lipinski definition) is 1. The molecule has 1 heterocycles. The maximum absolute atomic E-state index is 11.6. The molecule has 0 bridgehead atoms. The van der Waals surface area contributed by atoms with Crippen LogP contribution in [-0.4, -0.2) is 35.7 Å². The minimum absolute atomic E-state index is 0.153. The lowest BCUT2D eigenvalue weighted by Crippen LogP contribution is -2.26. The van der Waals surface area contributed by atoms with Crippen LogP contribution in [-0.2, 0) is 20.7 Å². The van der Waals surface area contributed by atoms with E-state index in [-0.39, 0.29) is 31.3 Å². The number of esters is 1. The Morgan fingerprint density at radius 3 is 2.61 bits per heavy atom. The summed E-state index contributed by atoms with van der Waals surface area (Å²) in [6.45, 7) is 2.26. The summed E-state index contributed by atoms with van der Waals surface area (Å²) in [5.41, 5.74) is 1.99. The number of methoxy groups -OCH3 is 1. The Morgan fingerprint density at radius 2 is 1.91 bits per heavy atom. The molecule has 0 saturated carbocycles. The Labute approximate surface area is 134 Å². The summed E-state index contributed by atoms with van der Waals surface area (Å²) in [6.07, 6.45) is 0.722. The quantitative estimate of drug-likeness (QED) is 0.780. The van der Waals surface area contributed by atoms with E-state index < -0.39 is 0 Å². The molecule has 0 spiro atoms. The summed E-state index contributed by atoms with van der Waals surface area (Å²) < 4.78 is 10.0. The monoisotopic (exact) mass is 317 g/mol. The number of ether oxygens (including phenoxy) is 1. The van der Waals surface area contributed by atoms with Crippen molar-refractivity contribution in [2.45, 2.75) is 26.2 Å². The molecule has 0 saturated heterocycles. The highest BCUT2D eigenvalue weighted by molar-refractivity contribution is 5.77. The molecule has 122 valence electrons. The minimum atomic E-state index is -0.357. The van der Waals surface area contributed by atoms with E-state index in [2.05, 4.69) is 20.3 Å². The molecule has 23 heavy (non-hydrogen) atoms. The number of hydrogen-bond acceptors (Lipinski definition) is 6. The fraction of sp³-hybridized carbons (Fsp3) is 0.375. The maximum Gasteiger partial charge on any atom is 0.307 e. The molecule has 0 fully saturated rings. The summed E-state index contributed by atoms with van der Waals surface area (Å²) in [5.74, 6) is 0.309. The van der Waals surface area contributed by atoms with Crippen LogP contribution in [0.3, 0.4) is 0 Å². The molecule has 0 aliphatic heterocycles. The fourth-order valence-corrected chi connectivity index (χ4v) is 1.88. The summed E-state index contributed by atoms with van der Waals surface area (Å²) in [4.78, 5) is 22.6. The second-order valence-electron chi connectivity index (χ2n) is 5.04. The zero-order valence-corrected chi connectivity index (χ0v) is 13.2. The number of carbonyl (C=O) groups is 2. The lowest BCUT2D eigenvalue weighted by atomic mass is 10.1. The lowest BCUT2D eigenvalue weighted by Gasteiger charge is -2.02. The fourth-order valence-electron chi connectivity index (χ4n) is 1.88. The molecule has 1 aromatic carbocycles. The standard InChI is InChI=1S/C16H19N3O4/c1-11-3-5-12(6-4-11)16-19-18-14(23-16)8-7-13(20)17-10-9-15(21)22-2/h3-6H,7-10H2,1-2H3,(H,17,20). The number of aromatic nitrogens is 2. The molecule has 7 nitrogen and oxygen atoms in total. The Morgan fingerprint density at radius 1 is 1.17 bits per heavy atom. The highest BCUT2D eigenvalue weighted by Crippen LogP contribution is 2.18. The van der Waals surface area contributed by atoms with Crippen molar-refractivity contribution in [2.24, 2.45) is 0 Å². The van der Waals surface area contributed by atoms with Crippen LogP contribution in [0.5, 0.6) is 0 Å². The Kier molecular flexibility index (Phi) is 5.85. The van der Waals surface area contributed by atoms with Gasteiger partial charge in [0.1, 0.15) is 0 Å². The first-order valence-corrected chi connectivity index (χ1v) is 7.31. The molecule has 0 radical (unpaired) electrons. The highest BCUT2D eigenvalue weighted by atomic mass is 16.5. The third kappa shape index (κ3) is 5.21. The Hall–Kier alpha value is -2.70. The van der Waals surface area contributed by atoms with Crippen molar-refractivity contribution in [1.29, 1.82) is 0 Å². The topological polar surface area (TPSA) is 94.3 Å². The van der Waals surface area contributed by atoms with Crippen molar-refractivity contribution in [2.75, 3.05) is 13.7 Å². The van der Waals surface area contributed by atoms with E-state index in [0.717, 1.165) is 11.1 Å². The maximum atomic E-state index is 11.6.